The smallest absolute Gasteiger partial charge is 0.0975 e. The largest absolute Gasteiger partial charge is 0.359 e. The molecule has 0 aromatic carbocycles. The van der Waals surface area contributed by atoms with Crippen molar-refractivity contribution in [1.29, 1.82) is 0 Å². The molecule has 35 heavy (non-hydrogen) atoms. The molecule has 3 fully saturated rings. The highest BCUT2D eigenvalue weighted by molar-refractivity contribution is 5.51. The lowest BCUT2D eigenvalue weighted by Gasteiger charge is -2.54. The second-order valence-corrected chi connectivity index (χ2v) is 14.5. The standard InChI is InChI=1S/C33H51NO/c1-22(2)26-9-10-27-19-28-13-15-31(5)29(23(3)7-8-25-14-18-34(6)21-24(25)4)11-12-30(31)33(28)17-16-32(27,20-26)35-33/h9-10,13,19,22-26,29-30H,7-8,11-12,14-18,20-21H2,1-6H3. The van der Waals surface area contributed by atoms with Crippen molar-refractivity contribution in [1.82, 2.24) is 4.90 Å². The van der Waals surface area contributed by atoms with Crippen LogP contribution in [0.5, 0.6) is 0 Å². The highest BCUT2D eigenvalue weighted by atomic mass is 16.5. The lowest BCUT2D eigenvalue weighted by molar-refractivity contribution is -0.137. The van der Waals surface area contributed by atoms with Crippen LogP contribution in [-0.4, -0.2) is 36.2 Å². The Morgan fingerprint density at radius 2 is 1.94 bits per heavy atom. The SMILES string of the molecule is CC(C)C1C=CC2=CC3=CCC4(C)C(C(C)CCC5CCN(C)CC5C)CCC4C34CCC2(C1)O4. The summed E-state index contributed by atoms with van der Waals surface area (Å²) in [6.45, 7) is 15.1. The number of ether oxygens (including phenoxy) is 1. The average Bonchev–Trinajstić information content (AvgIpc) is 3.33. The molecule has 0 amide bonds. The van der Waals surface area contributed by atoms with Gasteiger partial charge in [-0.25, -0.2) is 0 Å². The van der Waals surface area contributed by atoms with Gasteiger partial charge in [0.2, 0.25) is 0 Å². The van der Waals surface area contributed by atoms with Crippen LogP contribution < -0.4 is 0 Å². The summed E-state index contributed by atoms with van der Waals surface area (Å²) in [5, 5.41) is 0. The van der Waals surface area contributed by atoms with Crippen LogP contribution in [0.2, 0.25) is 0 Å². The van der Waals surface area contributed by atoms with E-state index in [9.17, 15) is 0 Å². The van der Waals surface area contributed by atoms with Crippen LogP contribution >= 0.6 is 0 Å². The number of likely N-dealkylation sites (tertiary alicyclic amines) is 1. The van der Waals surface area contributed by atoms with Gasteiger partial charge in [0.15, 0.2) is 0 Å². The van der Waals surface area contributed by atoms with E-state index in [-0.39, 0.29) is 11.2 Å². The van der Waals surface area contributed by atoms with E-state index in [1.165, 1.54) is 76.5 Å². The summed E-state index contributed by atoms with van der Waals surface area (Å²) in [4.78, 5) is 2.53. The summed E-state index contributed by atoms with van der Waals surface area (Å²) in [6, 6.07) is 0. The lowest BCUT2D eigenvalue weighted by atomic mass is 9.57. The molecule has 1 saturated carbocycles. The van der Waals surface area contributed by atoms with E-state index in [1.807, 2.05) is 0 Å². The molecule has 3 aliphatic carbocycles. The molecule has 3 aliphatic heterocycles. The molecule has 2 bridgehead atoms. The molecule has 6 rings (SSSR count). The molecule has 0 radical (unpaired) electrons. The normalized spacial score (nSPS) is 47.7. The fourth-order valence-electron chi connectivity index (χ4n) is 10.0. The summed E-state index contributed by atoms with van der Waals surface area (Å²) in [6.07, 6.45) is 22.1. The molecular formula is C33H51NO. The zero-order valence-corrected chi connectivity index (χ0v) is 23.5. The van der Waals surface area contributed by atoms with E-state index >= 15 is 0 Å². The molecule has 9 unspecified atom stereocenters. The quantitative estimate of drug-likeness (QED) is 0.400. The Balaban J connectivity index is 1.21. The third-order valence-electron chi connectivity index (χ3n) is 12.2. The maximum atomic E-state index is 7.45. The predicted octanol–water partition coefficient (Wildman–Crippen LogP) is 7.81. The first-order chi connectivity index (χ1) is 16.7. The molecule has 0 N–H and O–H groups in total. The van der Waals surface area contributed by atoms with Crippen molar-refractivity contribution in [2.45, 2.75) is 104 Å². The zero-order chi connectivity index (χ0) is 24.6. The van der Waals surface area contributed by atoms with Crippen LogP contribution in [0, 0.1) is 46.8 Å². The number of rotatable bonds is 5. The maximum absolute atomic E-state index is 7.45. The molecule has 0 aromatic heterocycles. The van der Waals surface area contributed by atoms with Gasteiger partial charge in [-0.1, -0.05) is 65.3 Å². The second-order valence-electron chi connectivity index (χ2n) is 14.5. The van der Waals surface area contributed by atoms with Crippen molar-refractivity contribution >= 4 is 0 Å². The number of fused-ring (bicyclic) bond motifs is 1. The van der Waals surface area contributed by atoms with E-state index in [4.69, 9.17) is 4.74 Å². The molecule has 2 spiro atoms. The highest BCUT2D eigenvalue weighted by Crippen LogP contribution is 2.68. The van der Waals surface area contributed by atoms with E-state index in [1.54, 1.807) is 5.57 Å². The minimum absolute atomic E-state index is 0.000147. The van der Waals surface area contributed by atoms with Crippen LogP contribution in [0.15, 0.2) is 35.5 Å². The molecule has 2 heteroatoms. The van der Waals surface area contributed by atoms with E-state index in [0.29, 0.717) is 23.2 Å². The lowest BCUT2D eigenvalue weighted by Crippen LogP contribution is -2.54. The Labute approximate surface area is 215 Å². The fraction of sp³-hybridized carbons (Fsp3) is 0.818. The van der Waals surface area contributed by atoms with Gasteiger partial charge in [0.05, 0.1) is 11.2 Å². The van der Waals surface area contributed by atoms with Gasteiger partial charge in [-0.2, -0.15) is 0 Å². The van der Waals surface area contributed by atoms with Crippen LogP contribution in [0.4, 0.5) is 0 Å². The van der Waals surface area contributed by atoms with Crippen molar-refractivity contribution in [3.63, 3.8) is 0 Å². The van der Waals surface area contributed by atoms with Crippen molar-refractivity contribution < 1.29 is 4.74 Å². The summed E-state index contributed by atoms with van der Waals surface area (Å²) in [5.74, 6) is 5.52. The van der Waals surface area contributed by atoms with Gasteiger partial charge >= 0.3 is 0 Å². The first-order valence-electron chi connectivity index (χ1n) is 15.2. The van der Waals surface area contributed by atoms with Crippen molar-refractivity contribution in [3.05, 3.63) is 35.5 Å². The molecule has 194 valence electrons. The van der Waals surface area contributed by atoms with Crippen LogP contribution in [0.3, 0.4) is 0 Å². The average molecular weight is 478 g/mol. The Bertz CT molecular complexity index is 929. The van der Waals surface area contributed by atoms with Gasteiger partial charge in [-0.05, 0) is 123 Å². The molecule has 2 nitrogen and oxygen atoms in total. The van der Waals surface area contributed by atoms with Crippen LogP contribution in [0.25, 0.3) is 0 Å². The second kappa shape index (κ2) is 8.59. The van der Waals surface area contributed by atoms with Crippen molar-refractivity contribution in [3.8, 4) is 0 Å². The number of piperidine rings is 1. The Morgan fingerprint density at radius 3 is 2.71 bits per heavy atom. The molecule has 6 aliphatic rings. The summed E-state index contributed by atoms with van der Waals surface area (Å²) in [7, 11) is 2.30. The van der Waals surface area contributed by atoms with Crippen LogP contribution in [-0.2, 0) is 4.74 Å². The fourth-order valence-corrected chi connectivity index (χ4v) is 10.0. The Morgan fingerprint density at radius 1 is 1.11 bits per heavy atom. The predicted molar refractivity (Wildman–Crippen MR) is 146 cm³/mol. The number of hydrogen-bond acceptors (Lipinski definition) is 2. The van der Waals surface area contributed by atoms with Crippen molar-refractivity contribution in [2.75, 3.05) is 20.1 Å². The third kappa shape index (κ3) is 3.70. The minimum atomic E-state index is -0.00669. The van der Waals surface area contributed by atoms with Gasteiger partial charge in [0.1, 0.15) is 0 Å². The first kappa shape index (κ1) is 24.5. The monoisotopic (exact) mass is 477 g/mol. The van der Waals surface area contributed by atoms with Gasteiger partial charge in [-0.3, -0.25) is 0 Å². The topological polar surface area (TPSA) is 12.5 Å². The summed E-state index contributed by atoms with van der Waals surface area (Å²) in [5.41, 5.74) is 3.42. The van der Waals surface area contributed by atoms with E-state index < -0.39 is 0 Å². The summed E-state index contributed by atoms with van der Waals surface area (Å²) < 4.78 is 7.45. The first-order valence-corrected chi connectivity index (χ1v) is 15.2. The minimum Gasteiger partial charge on any atom is -0.359 e. The van der Waals surface area contributed by atoms with Gasteiger partial charge < -0.3 is 9.64 Å². The highest BCUT2D eigenvalue weighted by Gasteiger charge is 2.66. The van der Waals surface area contributed by atoms with E-state index in [2.05, 4.69) is 70.9 Å². The van der Waals surface area contributed by atoms with Crippen molar-refractivity contribution in [2.24, 2.45) is 46.8 Å². The molecular weight excluding hydrogens is 426 g/mol. The molecule has 3 heterocycles. The number of nitrogens with zero attached hydrogens (tertiary/aromatic N) is 1. The van der Waals surface area contributed by atoms with Gasteiger partial charge in [-0.15, -0.1) is 0 Å². The van der Waals surface area contributed by atoms with Gasteiger partial charge in [0, 0.05) is 6.54 Å². The number of allylic oxidation sites excluding steroid dienone is 2. The third-order valence-corrected chi connectivity index (χ3v) is 12.2. The maximum Gasteiger partial charge on any atom is 0.0975 e. The van der Waals surface area contributed by atoms with E-state index in [0.717, 1.165) is 23.7 Å². The molecule has 0 aromatic rings. The molecule has 9 atom stereocenters. The summed E-state index contributed by atoms with van der Waals surface area (Å²) >= 11 is 0. The Hall–Kier alpha value is -0.860. The Kier molecular flexibility index (Phi) is 6.00. The number of hydrogen-bond donors (Lipinski definition) is 0. The molecule has 2 saturated heterocycles. The zero-order valence-electron chi connectivity index (χ0n) is 23.5. The van der Waals surface area contributed by atoms with Gasteiger partial charge in [0.25, 0.3) is 0 Å². The van der Waals surface area contributed by atoms with Crippen LogP contribution in [0.1, 0.15) is 92.4 Å².